The Labute approximate surface area is 123 Å². The van der Waals surface area contributed by atoms with Gasteiger partial charge in [-0.05, 0) is 12.1 Å². The first-order valence-corrected chi connectivity index (χ1v) is 6.11. The molecule has 0 radical (unpaired) electrons. The van der Waals surface area contributed by atoms with Crippen LogP contribution in [0.15, 0.2) is 22.7 Å². The van der Waals surface area contributed by atoms with Crippen molar-refractivity contribution in [1.82, 2.24) is 0 Å². The standard InChI is InChI=1S/C11H9Cl3F3NO/c1-18-10-7(11(15,16)17)4-6(5-8(10)12)19-3-2-9(13)14/h2,4-5,18H,3H2,1H3. The Morgan fingerprint density at radius 3 is 2.47 bits per heavy atom. The first kappa shape index (κ1) is 16.3. The number of nitrogens with one attached hydrogen (secondary N) is 1. The number of benzene rings is 1. The molecule has 0 amide bonds. The lowest BCUT2D eigenvalue weighted by Gasteiger charge is -2.16. The normalized spacial score (nSPS) is 11.1. The molecule has 0 atom stereocenters. The Bertz CT molecular complexity index is 485. The minimum absolute atomic E-state index is 0.0258. The molecule has 0 saturated heterocycles. The Morgan fingerprint density at radius 1 is 1.37 bits per heavy atom. The van der Waals surface area contributed by atoms with Crippen molar-refractivity contribution in [3.63, 3.8) is 0 Å². The van der Waals surface area contributed by atoms with E-state index in [-0.39, 0.29) is 27.6 Å². The van der Waals surface area contributed by atoms with Crippen molar-refractivity contribution >= 4 is 40.5 Å². The van der Waals surface area contributed by atoms with Gasteiger partial charge in [0.15, 0.2) is 0 Å². The minimum Gasteiger partial charge on any atom is -0.489 e. The summed E-state index contributed by atoms with van der Waals surface area (Å²) in [7, 11) is 1.35. The third-order valence-electron chi connectivity index (χ3n) is 2.11. The Hall–Kier alpha value is -0.780. The molecule has 0 saturated carbocycles. The zero-order valence-electron chi connectivity index (χ0n) is 9.62. The SMILES string of the molecule is CNc1c(Cl)cc(OCC=C(Cl)Cl)cc1C(F)(F)F. The third kappa shape index (κ3) is 4.67. The van der Waals surface area contributed by atoms with Crippen LogP contribution in [0.2, 0.25) is 5.02 Å². The molecule has 0 aromatic heterocycles. The summed E-state index contributed by atoms with van der Waals surface area (Å²) in [4.78, 5) is 0. The van der Waals surface area contributed by atoms with Crippen LogP contribution < -0.4 is 10.1 Å². The van der Waals surface area contributed by atoms with Gasteiger partial charge < -0.3 is 10.1 Å². The molecule has 0 spiro atoms. The number of hydrogen-bond acceptors (Lipinski definition) is 2. The van der Waals surface area contributed by atoms with Crippen LogP contribution in [0, 0.1) is 0 Å². The van der Waals surface area contributed by atoms with Crippen LogP contribution in [0.5, 0.6) is 5.75 Å². The van der Waals surface area contributed by atoms with E-state index < -0.39 is 11.7 Å². The van der Waals surface area contributed by atoms with Crippen LogP contribution in [0.1, 0.15) is 5.56 Å². The fourth-order valence-electron chi connectivity index (χ4n) is 1.34. The summed E-state index contributed by atoms with van der Waals surface area (Å²) in [5.74, 6) is -0.0258. The third-order valence-corrected chi connectivity index (χ3v) is 2.71. The molecule has 0 bridgehead atoms. The van der Waals surface area contributed by atoms with E-state index in [0.717, 1.165) is 6.07 Å². The fraction of sp³-hybridized carbons (Fsp3) is 0.273. The van der Waals surface area contributed by atoms with Crippen LogP contribution in [0.4, 0.5) is 18.9 Å². The summed E-state index contributed by atoms with van der Waals surface area (Å²) in [5.41, 5.74) is -1.11. The van der Waals surface area contributed by atoms with Gasteiger partial charge in [-0.25, -0.2) is 0 Å². The lowest BCUT2D eigenvalue weighted by Crippen LogP contribution is -2.10. The van der Waals surface area contributed by atoms with Gasteiger partial charge in [-0.2, -0.15) is 13.2 Å². The predicted octanol–water partition coefficient (Wildman–Crippen LogP) is 5.10. The molecule has 0 aliphatic rings. The molecule has 1 aromatic carbocycles. The number of anilines is 1. The summed E-state index contributed by atoms with van der Waals surface area (Å²) >= 11 is 16.5. The molecule has 1 aromatic rings. The number of alkyl halides is 3. The van der Waals surface area contributed by atoms with E-state index in [9.17, 15) is 13.2 Å². The predicted molar refractivity (Wildman–Crippen MR) is 71.3 cm³/mol. The van der Waals surface area contributed by atoms with Crippen molar-refractivity contribution in [3.05, 3.63) is 33.3 Å². The summed E-state index contributed by atoms with van der Waals surface area (Å²) < 4.78 is 43.6. The molecule has 19 heavy (non-hydrogen) atoms. The van der Waals surface area contributed by atoms with Crippen molar-refractivity contribution < 1.29 is 17.9 Å². The summed E-state index contributed by atoms with van der Waals surface area (Å²) in [6, 6.07) is 2.13. The molecule has 0 unspecified atom stereocenters. The maximum absolute atomic E-state index is 12.8. The second kappa shape index (κ2) is 6.59. The Kier molecular flexibility index (Phi) is 5.64. The van der Waals surface area contributed by atoms with Gasteiger partial charge in [-0.1, -0.05) is 34.8 Å². The van der Waals surface area contributed by atoms with Crippen LogP contribution in [-0.4, -0.2) is 13.7 Å². The van der Waals surface area contributed by atoms with Crippen molar-refractivity contribution in [2.45, 2.75) is 6.18 Å². The summed E-state index contributed by atoms with van der Waals surface area (Å²) in [6.45, 7) is -0.0607. The van der Waals surface area contributed by atoms with Crippen molar-refractivity contribution in [2.24, 2.45) is 0 Å². The highest BCUT2D eigenvalue weighted by molar-refractivity contribution is 6.55. The van der Waals surface area contributed by atoms with Crippen LogP contribution in [0.25, 0.3) is 0 Å². The maximum atomic E-state index is 12.8. The van der Waals surface area contributed by atoms with E-state index in [1.165, 1.54) is 19.2 Å². The quantitative estimate of drug-likeness (QED) is 0.827. The average Bonchev–Trinajstić information content (AvgIpc) is 2.26. The van der Waals surface area contributed by atoms with E-state index in [1.807, 2.05) is 0 Å². The Balaban J connectivity index is 3.10. The second-order valence-electron chi connectivity index (χ2n) is 3.38. The second-order valence-corrected chi connectivity index (χ2v) is 4.80. The monoisotopic (exact) mass is 333 g/mol. The molecule has 0 heterocycles. The van der Waals surface area contributed by atoms with E-state index in [4.69, 9.17) is 39.5 Å². The van der Waals surface area contributed by atoms with E-state index in [0.29, 0.717) is 0 Å². The van der Waals surface area contributed by atoms with Crippen LogP contribution >= 0.6 is 34.8 Å². The van der Waals surface area contributed by atoms with Gasteiger partial charge in [0.25, 0.3) is 0 Å². The van der Waals surface area contributed by atoms with Crippen molar-refractivity contribution in [2.75, 3.05) is 19.0 Å². The smallest absolute Gasteiger partial charge is 0.418 e. The van der Waals surface area contributed by atoms with E-state index >= 15 is 0 Å². The first-order chi connectivity index (χ1) is 8.75. The van der Waals surface area contributed by atoms with Gasteiger partial charge in [-0.3, -0.25) is 0 Å². The van der Waals surface area contributed by atoms with E-state index in [1.54, 1.807) is 0 Å². The average molecular weight is 335 g/mol. The lowest BCUT2D eigenvalue weighted by atomic mass is 10.1. The number of rotatable bonds is 4. The molecule has 1 rings (SSSR count). The summed E-state index contributed by atoms with van der Waals surface area (Å²) in [5, 5.41) is 2.32. The molecular weight excluding hydrogens is 325 g/mol. The van der Waals surface area contributed by atoms with Gasteiger partial charge in [0.05, 0.1) is 16.3 Å². The fourth-order valence-corrected chi connectivity index (χ4v) is 1.77. The molecule has 1 N–H and O–H groups in total. The van der Waals surface area contributed by atoms with Crippen molar-refractivity contribution in [1.29, 1.82) is 0 Å². The van der Waals surface area contributed by atoms with Crippen LogP contribution in [0.3, 0.4) is 0 Å². The van der Waals surface area contributed by atoms with Gasteiger partial charge in [0.1, 0.15) is 16.8 Å². The zero-order chi connectivity index (χ0) is 14.6. The van der Waals surface area contributed by atoms with Crippen molar-refractivity contribution in [3.8, 4) is 5.75 Å². The highest BCUT2D eigenvalue weighted by Gasteiger charge is 2.35. The van der Waals surface area contributed by atoms with Gasteiger partial charge in [0, 0.05) is 13.1 Å². The maximum Gasteiger partial charge on any atom is 0.418 e. The topological polar surface area (TPSA) is 21.3 Å². The molecule has 106 valence electrons. The van der Waals surface area contributed by atoms with Gasteiger partial charge in [0.2, 0.25) is 0 Å². The van der Waals surface area contributed by atoms with Gasteiger partial charge >= 0.3 is 6.18 Å². The number of hydrogen-bond donors (Lipinski definition) is 1. The molecule has 2 nitrogen and oxygen atoms in total. The number of halogens is 6. The lowest BCUT2D eigenvalue weighted by molar-refractivity contribution is -0.137. The highest BCUT2D eigenvalue weighted by atomic mass is 35.5. The Morgan fingerprint density at radius 2 is 2.00 bits per heavy atom. The van der Waals surface area contributed by atoms with E-state index in [2.05, 4.69) is 5.32 Å². The molecule has 0 aliphatic carbocycles. The van der Waals surface area contributed by atoms with Gasteiger partial charge in [-0.15, -0.1) is 0 Å². The molecule has 0 fully saturated rings. The summed E-state index contributed by atoms with van der Waals surface area (Å²) in [6.07, 6.45) is -3.24. The zero-order valence-corrected chi connectivity index (χ0v) is 11.9. The molecule has 8 heteroatoms. The molecule has 0 aliphatic heterocycles. The number of ether oxygens (including phenoxy) is 1. The minimum atomic E-state index is -4.54. The van der Waals surface area contributed by atoms with Crippen LogP contribution in [-0.2, 0) is 6.18 Å². The largest absolute Gasteiger partial charge is 0.489 e. The first-order valence-electron chi connectivity index (χ1n) is 4.98. The molecular formula is C11H9Cl3F3NO. The highest BCUT2D eigenvalue weighted by Crippen LogP contribution is 2.41.